The van der Waals surface area contributed by atoms with Crippen molar-refractivity contribution in [2.45, 2.75) is 39.0 Å². The molecule has 0 spiro atoms. The molecule has 0 aromatic rings. The van der Waals surface area contributed by atoms with Crippen LogP contribution in [0.15, 0.2) is 11.1 Å². The van der Waals surface area contributed by atoms with Gasteiger partial charge in [-0.15, -0.1) is 0 Å². The number of hydrogen-bond acceptors (Lipinski definition) is 1. The van der Waals surface area contributed by atoms with Crippen molar-refractivity contribution in [3.8, 4) is 6.07 Å². The normalized spacial score (nSPS) is 36.7. The highest BCUT2D eigenvalue weighted by Crippen LogP contribution is 2.49. The van der Waals surface area contributed by atoms with Gasteiger partial charge >= 0.3 is 0 Å². The number of allylic oxidation sites excluding steroid dienone is 2. The first-order chi connectivity index (χ1) is 5.85. The Morgan fingerprint density at radius 3 is 2.83 bits per heavy atom. The first-order valence-corrected chi connectivity index (χ1v) is 4.97. The van der Waals surface area contributed by atoms with Gasteiger partial charge in [0.25, 0.3) is 0 Å². The van der Waals surface area contributed by atoms with E-state index in [1.54, 1.807) is 0 Å². The van der Waals surface area contributed by atoms with E-state index in [0.717, 1.165) is 23.8 Å². The minimum atomic E-state index is 0.796. The molecule has 0 radical (unpaired) electrons. The summed E-state index contributed by atoms with van der Waals surface area (Å²) in [6.07, 6.45) is 6.32. The van der Waals surface area contributed by atoms with E-state index in [-0.39, 0.29) is 0 Å². The Labute approximate surface area is 74.1 Å². The predicted molar refractivity (Wildman–Crippen MR) is 48.4 cm³/mol. The molecular formula is C11H15N. The van der Waals surface area contributed by atoms with Crippen LogP contribution in [-0.4, -0.2) is 0 Å². The van der Waals surface area contributed by atoms with Crippen molar-refractivity contribution in [3.05, 3.63) is 11.1 Å². The van der Waals surface area contributed by atoms with Crippen LogP contribution in [0.1, 0.15) is 39.0 Å². The summed E-state index contributed by atoms with van der Waals surface area (Å²) in [5.41, 5.74) is 2.60. The average Bonchev–Trinajstić information content (AvgIpc) is 2.67. The van der Waals surface area contributed by atoms with E-state index in [1.165, 1.54) is 31.3 Å². The molecule has 2 fully saturated rings. The summed E-state index contributed by atoms with van der Waals surface area (Å²) < 4.78 is 0. The highest BCUT2D eigenvalue weighted by atomic mass is 14.4. The van der Waals surface area contributed by atoms with Gasteiger partial charge in [0.15, 0.2) is 0 Å². The lowest BCUT2D eigenvalue weighted by molar-refractivity contribution is 0.557. The van der Waals surface area contributed by atoms with E-state index in [0.29, 0.717) is 0 Å². The second kappa shape index (κ2) is 2.94. The Bertz CT molecular complexity index is 257. The number of nitrogens with zero attached hydrogens (tertiary/aromatic N) is 1. The summed E-state index contributed by atoms with van der Waals surface area (Å²) in [4.78, 5) is 0. The van der Waals surface area contributed by atoms with Gasteiger partial charge in [-0.1, -0.05) is 12.5 Å². The summed E-state index contributed by atoms with van der Waals surface area (Å²) in [6, 6.07) is 2.36. The van der Waals surface area contributed by atoms with Crippen LogP contribution in [0, 0.1) is 23.2 Å². The second-order valence-corrected chi connectivity index (χ2v) is 4.05. The van der Waals surface area contributed by atoms with Crippen molar-refractivity contribution in [3.63, 3.8) is 0 Å². The number of hydrogen-bond donors (Lipinski definition) is 0. The highest BCUT2D eigenvalue weighted by molar-refractivity contribution is 5.32. The van der Waals surface area contributed by atoms with Gasteiger partial charge in [-0.2, -0.15) is 5.26 Å². The van der Waals surface area contributed by atoms with Crippen LogP contribution < -0.4 is 0 Å². The van der Waals surface area contributed by atoms with Gasteiger partial charge in [0.1, 0.15) is 0 Å². The molecule has 2 rings (SSSR count). The van der Waals surface area contributed by atoms with Gasteiger partial charge in [-0.25, -0.2) is 0 Å². The fourth-order valence-corrected chi connectivity index (χ4v) is 2.80. The van der Waals surface area contributed by atoms with Crippen molar-refractivity contribution >= 4 is 0 Å². The maximum absolute atomic E-state index is 8.91. The number of rotatable bonds is 1. The molecule has 2 unspecified atom stereocenters. The van der Waals surface area contributed by atoms with Crippen molar-refractivity contribution in [1.82, 2.24) is 0 Å². The minimum absolute atomic E-state index is 0.796. The zero-order chi connectivity index (χ0) is 8.55. The Kier molecular flexibility index (Phi) is 1.92. The van der Waals surface area contributed by atoms with Gasteiger partial charge in [0.05, 0.1) is 6.07 Å². The highest BCUT2D eigenvalue weighted by Gasteiger charge is 2.36. The van der Waals surface area contributed by atoms with Crippen molar-refractivity contribution < 1.29 is 0 Å². The summed E-state index contributed by atoms with van der Waals surface area (Å²) in [5.74, 6) is 1.73. The number of fused-ring (bicyclic) bond motifs is 2. The monoisotopic (exact) mass is 161 g/mol. The number of nitriles is 1. The first-order valence-electron chi connectivity index (χ1n) is 4.97. The Morgan fingerprint density at radius 2 is 2.42 bits per heavy atom. The van der Waals surface area contributed by atoms with Crippen LogP contribution in [0.5, 0.6) is 0 Å². The largest absolute Gasteiger partial charge is 0.193 e. The van der Waals surface area contributed by atoms with E-state index in [4.69, 9.17) is 5.26 Å². The van der Waals surface area contributed by atoms with Gasteiger partial charge in [0.2, 0.25) is 0 Å². The summed E-state index contributed by atoms with van der Waals surface area (Å²) in [6.45, 7) is 2.09. The molecular weight excluding hydrogens is 146 g/mol. The van der Waals surface area contributed by atoms with E-state index >= 15 is 0 Å². The van der Waals surface area contributed by atoms with Crippen LogP contribution in [-0.2, 0) is 0 Å². The maximum Gasteiger partial charge on any atom is 0.0946 e. The van der Waals surface area contributed by atoms with Crippen LogP contribution >= 0.6 is 0 Å². The molecule has 2 bridgehead atoms. The molecule has 2 saturated carbocycles. The van der Waals surface area contributed by atoms with Crippen molar-refractivity contribution in [2.24, 2.45) is 11.8 Å². The average molecular weight is 161 g/mol. The fourth-order valence-electron chi connectivity index (χ4n) is 2.80. The Hall–Kier alpha value is -0.770. The van der Waals surface area contributed by atoms with Gasteiger partial charge < -0.3 is 0 Å². The zero-order valence-electron chi connectivity index (χ0n) is 7.64. The molecule has 2 atom stereocenters. The standard InChI is InChI=1S/C11H15N/c1-2-9(7-12)11-6-8-3-4-10(11)5-8/h8,10H,2-6H2,1H3/b11-9+. The summed E-state index contributed by atoms with van der Waals surface area (Å²) in [7, 11) is 0. The topological polar surface area (TPSA) is 23.8 Å². The summed E-state index contributed by atoms with van der Waals surface area (Å²) >= 11 is 0. The molecule has 0 heterocycles. The van der Waals surface area contributed by atoms with Gasteiger partial charge in [0, 0.05) is 5.57 Å². The third kappa shape index (κ3) is 1.06. The molecule has 0 amide bonds. The predicted octanol–water partition coefficient (Wildman–Crippen LogP) is 3.04. The van der Waals surface area contributed by atoms with Gasteiger partial charge in [-0.05, 0) is 43.9 Å². The fraction of sp³-hybridized carbons (Fsp3) is 0.727. The minimum Gasteiger partial charge on any atom is -0.193 e. The van der Waals surface area contributed by atoms with Crippen LogP contribution in [0.2, 0.25) is 0 Å². The van der Waals surface area contributed by atoms with Crippen LogP contribution in [0.4, 0.5) is 0 Å². The maximum atomic E-state index is 8.91. The Morgan fingerprint density at radius 1 is 1.58 bits per heavy atom. The molecule has 0 aliphatic heterocycles. The molecule has 12 heavy (non-hydrogen) atoms. The molecule has 1 nitrogen and oxygen atoms in total. The second-order valence-electron chi connectivity index (χ2n) is 4.05. The third-order valence-corrected chi connectivity index (χ3v) is 3.42. The lowest BCUT2D eigenvalue weighted by atomic mass is 9.90. The molecule has 0 N–H and O–H groups in total. The smallest absolute Gasteiger partial charge is 0.0946 e. The van der Waals surface area contributed by atoms with E-state index < -0.39 is 0 Å². The molecule has 2 aliphatic rings. The lowest BCUT2D eigenvalue weighted by Gasteiger charge is -2.14. The quantitative estimate of drug-likeness (QED) is 0.542. The lowest BCUT2D eigenvalue weighted by Crippen LogP contribution is -2.01. The first kappa shape index (κ1) is 7.86. The SMILES string of the molecule is CC/C(C#N)=C1/CC2CCC1C2. The van der Waals surface area contributed by atoms with Crippen LogP contribution in [0.3, 0.4) is 0 Å². The molecule has 2 aliphatic carbocycles. The zero-order valence-corrected chi connectivity index (χ0v) is 7.64. The molecule has 0 aromatic carbocycles. The molecule has 64 valence electrons. The van der Waals surface area contributed by atoms with Crippen LogP contribution in [0.25, 0.3) is 0 Å². The molecule has 1 heteroatoms. The van der Waals surface area contributed by atoms with E-state index in [1.807, 2.05) is 0 Å². The third-order valence-electron chi connectivity index (χ3n) is 3.42. The van der Waals surface area contributed by atoms with Crippen molar-refractivity contribution in [1.29, 1.82) is 5.26 Å². The van der Waals surface area contributed by atoms with E-state index in [9.17, 15) is 0 Å². The van der Waals surface area contributed by atoms with Gasteiger partial charge in [-0.3, -0.25) is 0 Å². The van der Waals surface area contributed by atoms with Crippen molar-refractivity contribution in [2.75, 3.05) is 0 Å². The summed E-state index contributed by atoms with van der Waals surface area (Å²) in [5, 5.41) is 8.91. The molecule has 0 aromatic heterocycles. The Balaban J connectivity index is 2.25. The molecule has 0 saturated heterocycles. The van der Waals surface area contributed by atoms with E-state index in [2.05, 4.69) is 13.0 Å².